The number of esters is 1. The molecule has 90 valence electrons. The van der Waals surface area contributed by atoms with E-state index in [0.29, 0.717) is 11.5 Å². The van der Waals surface area contributed by atoms with Gasteiger partial charge in [-0.05, 0) is 11.8 Å². The first-order valence-electron chi connectivity index (χ1n) is 5.19. The summed E-state index contributed by atoms with van der Waals surface area (Å²) < 4.78 is 16.2. The molecular formula is C11H22O3S. The van der Waals surface area contributed by atoms with Crippen LogP contribution in [-0.2, 0) is 20.3 Å². The molecule has 0 saturated carbocycles. The van der Waals surface area contributed by atoms with E-state index in [1.165, 1.54) is 7.11 Å². The van der Waals surface area contributed by atoms with E-state index in [-0.39, 0.29) is 17.3 Å². The van der Waals surface area contributed by atoms with Crippen molar-refractivity contribution in [3.8, 4) is 0 Å². The Morgan fingerprint density at radius 3 is 2.33 bits per heavy atom. The van der Waals surface area contributed by atoms with Crippen molar-refractivity contribution in [2.45, 2.75) is 34.1 Å². The Hall–Kier alpha value is -0.380. The molecule has 0 saturated heterocycles. The van der Waals surface area contributed by atoms with Crippen molar-refractivity contribution in [3.63, 3.8) is 0 Å². The van der Waals surface area contributed by atoms with Gasteiger partial charge in [0.05, 0.1) is 13.0 Å². The fourth-order valence-corrected chi connectivity index (χ4v) is 2.75. The van der Waals surface area contributed by atoms with E-state index in [2.05, 4.69) is 25.5 Å². The highest BCUT2D eigenvalue weighted by molar-refractivity contribution is 7.85. The first kappa shape index (κ1) is 14.6. The Morgan fingerprint density at radius 1 is 1.40 bits per heavy atom. The zero-order chi connectivity index (χ0) is 12.1. The van der Waals surface area contributed by atoms with Gasteiger partial charge in [0.25, 0.3) is 0 Å². The monoisotopic (exact) mass is 234 g/mol. The smallest absolute Gasteiger partial charge is 0.309 e. The molecule has 0 bridgehead atoms. The highest BCUT2D eigenvalue weighted by Crippen LogP contribution is 2.19. The lowest BCUT2D eigenvalue weighted by molar-refractivity contribution is -0.144. The van der Waals surface area contributed by atoms with Crippen LogP contribution < -0.4 is 0 Å². The zero-order valence-electron chi connectivity index (χ0n) is 10.3. The fourth-order valence-electron chi connectivity index (χ4n) is 1.05. The summed E-state index contributed by atoms with van der Waals surface area (Å²) in [7, 11) is 0.438. The van der Waals surface area contributed by atoms with E-state index in [9.17, 15) is 9.00 Å². The molecule has 0 aromatic carbocycles. The van der Waals surface area contributed by atoms with Crippen molar-refractivity contribution in [3.05, 3.63) is 0 Å². The van der Waals surface area contributed by atoms with Crippen molar-refractivity contribution >= 4 is 16.8 Å². The van der Waals surface area contributed by atoms with E-state index in [4.69, 9.17) is 0 Å². The topological polar surface area (TPSA) is 43.4 Å². The maximum Gasteiger partial charge on any atom is 0.309 e. The number of methoxy groups -OCH3 is 1. The molecule has 0 N–H and O–H groups in total. The molecule has 3 nitrogen and oxygen atoms in total. The molecule has 0 fully saturated rings. The number of hydrogen-bond acceptors (Lipinski definition) is 3. The predicted octanol–water partition coefficient (Wildman–Crippen LogP) is 1.98. The predicted molar refractivity (Wildman–Crippen MR) is 63.1 cm³/mol. The van der Waals surface area contributed by atoms with Gasteiger partial charge in [-0.15, -0.1) is 0 Å². The van der Waals surface area contributed by atoms with Gasteiger partial charge in [0.1, 0.15) is 0 Å². The van der Waals surface area contributed by atoms with Crippen LogP contribution in [0.2, 0.25) is 0 Å². The second-order valence-corrected chi connectivity index (χ2v) is 6.67. The first-order valence-corrected chi connectivity index (χ1v) is 6.68. The molecular weight excluding hydrogens is 212 g/mol. The summed E-state index contributed by atoms with van der Waals surface area (Å²) in [5, 5.41) is 0. The standard InChI is InChI=1S/C11H22O3S/c1-9(10(12)14-5)8-15(13)7-6-11(2,3)4/h9H,6-8H2,1-5H3. The summed E-state index contributed by atoms with van der Waals surface area (Å²) >= 11 is 0. The zero-order valence-corrected chi connectivity index (χ0v) is 11.1. The molecule has 0 aromatic rings. The second-order valence-electron chi connectivity index (χ2n) is 5.05. The van der Waals surface area contributed by atoms with Crippen LogP contribution in [0.25, 0.3) is 0 Å². The van der Waals surface area contributed by atoms with E-state index in [1.807, 2.05) is 0 Å². The summed E-state index contributed by atoms with van der Waals surface area (Å²) in [5.41, 5.74) is 0.199. The van der Waals surface area contributed by atoms with Crippen LogP contribution in [0.1, 0.15) is 34.1 Å². The summed E-state index contributed by atoms with van der Waals surface area (Å²) in [6.07, 6.45) is 0.910. The minimum absolute atomic E-state index is 0.199. The highest BCUT2D eigenvalue weighted by Gasteiger charge is 2.18. The minimum atomic E-state index is -0.920. The van der Waals surface area contributed by atoms with Crippen molar-refractivity contribution in [2.24, 2.45) is 11.3 Å². The van der Waals surface area contributed by atoms with Gasteiger partial charge in [-0.3, -0.25) is 9.00 Å². The molecule has 0 aliphatic rings. The molecule has 0 aliphatic carbocycles. The number of ether oxygens (including phenoxy) is 1. The van der Waals surface area contributed by atoms with Crippen LogP contribution in [0.3, 0.4) is 0 Å². The Bertz CT molecular complexity index is 230. The lowest BCUT2D eigenvalue weighted by Crippen LogP contribution is -2.22. The Kier molecular flexibility index (Phi) is 6.10. The van der Waals surface area contributed by atoms with Crippen LogP contribution in [0, 0.1) is 11.3 Å². The molecule has 0 amide bonds. The largest absolute Gasteiger partial charge is 0.469 e. The van der Waals surface area contributed by atoms with Gasteiger partial charge < -0.3 is 4.74 Å². The van der Waals surface area contributed by atoms with Gasteiger partial charge in [0.15, 0.2) is 0 Å². The van der Waals surface area contributed by atoms with Crippen molar-refractivity contribution in [1.29, 1.82) is 0 Å². The maximum atomic E-state index is 11.6. The van der Waals surface area contributed by atoms with Gasteiger partial charge in [-0.2, -0.15) is 0 Å². The molecule has 2 unspecified atom stereocenters. The molecule has 4 heteroatoms. The maximum absolute atomic E-state index is 11.6. The Morgan fingerprint density at radius 2 is 1.93 bits per heavy atom. The van der Waals surface area contributed by atoms with Crippen molar-refractivity contribution < 1.29 is 13.7 Å². The van der Waals surface area contributed by atoms with E-state index in [0.717, 1.165) is 6.42 Å². The molecule has 0 radical (unpaired) electrons. The molecule has 0 aromatic heterocycles. The van der Waals surface area contributed by atoms with Crippen molar-refractivity contribution in [1.82, 2.24) is 0 Å². The van der Waals surface area contributed by atoms with E-state index in [1.54, 1.807) is 6.92 Å². The van der Waals surface area contributed by atoms with Crippen molar-refractivity contribution in [2.75, 3.05) is 18.6 Å². The molecule has 15 heavy (non-hydrogen) atoms. The third-order valence-corrected chi connectivity index (χ3v) is 3.65. The molecule has 0 heterocycles. The normalized spacial score (nSPS) is 15.8. The summed E-state index contributed by atoms with van der Waals surface area (Å²) in [6, 6.07) is 0. The quantitative estimate of drug-likeness (QED) is 0.683. The first-order chi connectivity index (χ1) is 6.76. The lowest BCUT2D eigenvalue weighted by Gasteiger charge is -2.17. The minimum Gasteiger partial charge on any atom is -0.469 e. The molecule has 2 atom stereocenters. The number of rotatable bonds is 5. The Labute approximate surface area is 95.0 Å². The van der Waals surface area contributed by atoms with Crippen LogP contribution >= 0.6 is 0 Å². The number of carbonyl (C=O) groups is 1. The lowest BCUT2D eigenvalue weighted by atomic mass is 9.94. The SMILES string of the molecule is COC(=O)C(C)CS(=O)CCC(C)(C)C. The van der Waals surface area contributed by atoms with Gasteiger partial charge in [-0.1, -0.05) is 27.7 Å². The van der Waals surface area contributed by atoms with Gasteiger partial charge in [0, 0.05) is 22.3 Å². The number of carbonyl (C=O) groups excluding carboxylic acids is 1. The molecule has 0 rings (SSSR count). The van der Waals surface area contributed by atoms with Crippen LogP contribution in [-0.4, -0.2) is 28.8 Å². The van der Waals surface area contributed by atoms with E-state index >= 15 is 0 Å². The van der Waals surface area contributed by atoms with Gasteiger partial charge >= 0.3 is 5.97 Å². The highest BCUT2D eigenvalue weighted by atomic mass is 32.2. The second kappa shape index (κ2) is 6.26. The van der Waals surface area contributed by atoms with Gasteiger partial charge in [-0.25, -0.2) is 0 Å². The van der Waals surface area contributed by atoms with Gasteiger partial charge in [0.2, 0.25) is 0 Å². The van der Waals surface area contributed by atoms with Crippen LogP contribution in [0.15, 0.2) is 0 Å². The Balaban J connectivity index is 3.89. The third kappa shape index (κ3) is 7.54. The molecule has 0 spiro atoms. The average Bonchev–Trinajstić information content (AvgIpc) is 2.12. The average molecular weight is 234 g/mol. The third-order valence-electron chi connectivity index (χ3n) is 2.12. The van der Waals surface area contributed by atoms with Crippen LogP contribution in [0.4, 0.5) is 0 Å². The molecule has 0 aliphatic heterocycles. The summed E-state index contributed by atoms with van der Waals surface area (Å²) in [5.74, 6) is 0.517. The fraction of sp³-hybridized carbons (Fsp3) is 0.909. The van der Waals surface area contributed by atoms with E-state index < -0.39 is 10.8 Å². The summed E-state index contributed by atoms with van der Waals surface area (Å²) in [6.45, 7) is 8.11. The van der Waals surface area contributed by atoms with Crippen LogP contribution in [0.5, 0.6) is 0 Å². The number of hydrogen-bond donors (Lipinski definition) is 0. The summed E-state index contributed by atoms with van der Waals surface area (Å²) in [4.78, 5) is 11.1.